The zero-order valence-electron chi connectivity index (χ0n) is 11.7. The summed E-state index contributed by atoms with van der Waals surface area (Å²) < 4.78 is 6.11. The minimum absolute atomic E-state index is 0.228. The third-order valence-electron chi connectivity index (χ3n) is 3.57. The maximum Gasteiger partial charge on any atom is 0.210 e. The highest BCUT2D eigenvalue weighted by Gasteiger charge is 2.37. The van der Waals surface area contributed by atoms with Crippen molar-refractivity contribution in [2.45, 2.75) is 45.3 Å². The lowest BCUT2D eigenvalue weighted by molar-refractivity contribution is 0.112. The predicted octanol–water partition coefficient (Wildman–Crippen LogP) is 4.81. The van der Waals surface area contributed by atoms with E-state index in [1.807, 2.05) is 11.4 Å². The molecule has 1 aromatic rings. The highest BCUT2D eigenvalue weighted by atomic mass is 35.7. The van der Waals surface area contributed by atoms with Gasteiger partial charge in [-0.2, -0.15) is 0 Å². The zero-order chi connectivity index (χ0) is 14.0. The van der Waals surface area contributed by atoms with Gasteiger partial charge in [0.25, 0.3) is 0 Å². The molecule has 0 aliphatic rings. The number of hydrogen-bond donors (Lipinski definition) is 0. The van der Waals surface area contributed by atoms with Gasteiger partial charge >= 0.3 is 0 Å². The lowest BCUT2D eigenvalue weighted by atomic mass is 10.2. The van der Waals surface area contributed by atoms with E-state index in [2.05, 4.69) is 33.9 Å². The Morgan fingerprint density at radius 1 is 1.44 bits per heavy atom. The molecule has 0 aliphatic heterocycles. The second-order valence-electron chi connectivity index (χ2n) is 5.99. The molecule has 0 aliphatic carbocycles. The van der Waals surface area contributed by atoms with Crippen molar-refractivity contribution in [2.24, 2.45) is 0 Å². The molecular weight excluding hydrogens is 284 g/mol. The third kappa shape index (κ3) is 3.92. The highest BCUT2D eigenvalue weighted by Crippen LogP contribution is 2.37. The summed E-state index contributed by atoms with van der Waals surface area (Å²) in [4.78, 5) is 11.8. The van der Waals surface area contributed by atoms with Crippen LogP contribution >= 0.6 is 20.4 Å². The predicted molar refractivity (Wildman–Crippen MR) is 82.4 cm³/mol. The number of carbonyl (C=O) groups is 1. The molecular formula is C13H22ClO2SSi+. The van der Waals surface area contributed by atoms with Crippen molar-refractivity contribution >= 4 is 35.0 Å². The van der Waals surface area contributed by atoms with Gasteiger partial charge in [-0.25, -0.2) is 0 Å². The van der Waals surface area contributed by atoms with Gasteiger partial charge in [0.2, 0.25) is 10.7 Å². The number of halogens is 1. The molecule has 1 aromatic heterocycles. The molecule has 2 nitrogen and oxygen atoms in total. The molecule has 1 heterocycles. The van der Waals surface area contributed by atoms with Gasteiger partial charge in [0.05, 0.1) is 15.2 Å². The van der Waals surface area contributed by atoms with E-state index in [-0.39, 0.29) is 5.04 Å². The van der Waals surface area contributed by atoms with E-state index < -0.39 is 18.0 Å². The number of carbonyl (C=O) groups excluding carboxylic acids is 1. The SMILES string of the molecule is CC(C)(C)[Si](C)(C)OCCc1cc(C=O)c[s+]1Cl. The fourth-order valence-corrected chi connectivity index (χ4v) is 4.09. The lowest BCUT2D eigenvalue weighted by Gasteiger charge is -2.36. The quantitative estimate of drug-likeness (QED) is 0.443. The molecule has 1 atom stereocenters. The second-order valence-corrected chi connectivity index (χ2v) is 13.1. The molecule has 0 aromatic carbocycles. The smallest absolute Gasteiger partial charge is 0.210 e. The Kier molecular flexibility index (Phi) is 5.18. The minimum atomic E-state index is -1.68. The molecule has 0 bridgehead atoms. The summed E-state index contributed by atoms with van der Waals surface area (Å²) in [6.07, 6.45) is 1.66. The van der Waals surface area contributed by atoms with Gasteiger partial charge in [-0.3, -0.25) is 4.79 Å². The van der Waals surface area contributed by atoms with Crippen molar-refractivity contribution in [3.05, 3.63) is 21.9 Å². The van der Waals surface area contributed by atoms with Crippen LogP contribution < -0.4 is 0 Å². The van der Waals surface area contributed by atoms with Crippen molar-refractivity contribution in [1.29, 1.82) is 0 Å². The van der Waals surface area contributed by atoms with Crippen LogP contribution in [-0.2, 0) is 10.8 Å². The van der Waals surface area contributed by atoms with Crippen LogP contribution in [0.3, 0.4) is 0 Å². The average molecular weight is 306 g/mol. The fraction of sp³-hybridized carbons (Fsp3) is 0.615. The van der Waals surface area contributed by atoms with E-state index >= 15 is 0 Å². The van der Waals surface area contributed by atoms with Crippen LogP contribution in [0.4, 0.5) is 0 Å². The van der Waals surface area contributed by atoms with Crippen molar-refractivity contribution in [3.8, 4) is 0 Å². The average Bonchev–Trinajstić information content (AvgIpc) is 2.58. The van der Waals surface area contributed by atoms with Gasteiger partial charge in [0, 0.05) is 19.1 Å². The van der Waals surface area contributed by atoms with Gasteiger partial charge in [0.1, 0.15) is 0 Å². The van der Waals surface area contributed by atoms with Crippen LogP contribution in [0.25, 0.3) is 0 Å². The molecule has 0 spiro atoms. The van der Waals surface area contributed by atoms with Crippen LogP contribution in [0.15, 0.2) is 11.4 Å². The summed E-state index contributed by atoms with van der Waals surface area (Å²) in [6, 6.07) is 1.89. The fourth-order valence-electron chi connectivity index (χ4n) is 1.33. The molecule has 0 N–H and O–H groups in total. The molecule has 1 rings (SSSR count). The van der Waals surface area contributed by atoms with E-state index in [1.54, 1.807) is 0 Å². The van der Waals surface area contributed by atoms with Gasteiger partial charge in [-0.05, 0) is 18.1 Å². The Morgan fingerprint density at radius 3 is 2.50 bits per heavy atom. The summed E-state index contributed by atoms with van der Waals surface area (Å²) in [7, 11) is 4.08. The molecule has 0 saturated heterocycles. The second kappa shape index (κ2) is 5.86. The molecule has 0 saturated carbocycles. The Balaban J connectivity index is 2.56. The third-order valence-corrected chi connectivity index (χ3v) is 10.3. The molecule has 1 unspecified atom stereocenters. The Hall–Kier alpha value is -0.163. The highest BCUT2D eigenvalue weighted by molar-refractivity contribution is 7.61. The molecule has 0 amide bonds. The van der Waals surface area contributed by atoms with Crippen LogP contribution in [0.5, 0.6) is 0 Å². The first-order chi connectivity index (χ1) is 8.17. The van der Waals surface area contributed by atoms with Crippen molar-refractivity contribution in [3.63, 3.8) is 0 Å². The van der Waals surface area contributed by atoms with E-state index in [1.165, 1.54) is 0 Å². The Morgan fingerprint density at radius 2 is 2.06 bits per heavy atom. The Labute approximate surface area is 118 Å². The molecule has 5 heteroatoms. The topological polar surface area (TPSA) is 26.3 Å². The van der Waals surface area contributed by atoms with Gasteiger partial charge in [0.15, 0.2) is 24.9 Å². The van der Waals surface area contributed by atoms with E-state index in [4.69, 9.17) is 15.1 Å². The molecule has 0 fully saturated rings. The molecule has 102 valence electrons. The van der Waals surface area contributed by atoms with Crippen LogP contribution in [-0.4, -0.2) is 21.2 Å². The van der Waals surface area contributed by atoms with Gasteiger partial charge < -0.3 is 4.43 Å². The first kappa shape index (κ1) is 15.9. The number of rotatable bonds is 5. The number of hydrogen-bond acceptors (Lipinski definition) is 2. The van der Waals surface area contributed by atoms with Crippen LogP contribution in [0.1, 0.15) is 36.0 Å². The van der Waals surface area contributed by atoms with E-state index in [9.17, 15) is 4.79 Å². The normalized spacial score (nSPS) is 13.8. The molecule has 0 radical (unpaired) electrons. The Bertz CT molecular complexity index is 421. The summed E-state index contributed by atoms with van der Waals surface area (Å²) in [5.41, 5.74) is 0.690. The minimum Gasteiger partial charge on any atom is -0.416 e. The maximum absolute atomic E-state index is 10.7. The van der Waals surface area contributed by atoms with Gasteiger partial charge in [-0.1, -0.05) is 20.8 Å². The summed E-state index contributed by atoms with van der Waals surface area (Å²) in [5.74, 6) is 0. The summed E-state index contributed by atoms with van der Waals surface area (Å²) >= 11 is 0. The first-order valence-electron chi connectivity index (χ1n) is 6.08. The van der Waals surface area contributed by atoms with Crippen molar-refractivity contribution in [1.82, 2.24) is 0 Å². The van der Waals surface area contributed by atoms with Crippen molar-refractivity contribution in [2.75, 3.05) is 6.61 Å². The maximum atomic E-state index is 10.7. The number of aldehydes is 1. The van der Waals surface area contributed by atoms with Crippen molar-refractivity contribution < 1.29 is 9.22 Å². The lowest BCUT2D eigenvalue weighted by Crippen LogP contribution is -2.41. The number of thiophene rings is 1. The monoisotopic (exact) mass is 305 g/mol. The van der Waals surface area contributed by atoms with E-state index in [0.717, 1.165) is 17.6 Å². The zero-order valence-corrected chi connectivity index (χ0v) is 14.3. The molecule has 18 heavy (non-hydrogen) atoms. The van der Waals surface area contributed by atoms with Crippen LogP contribution in [0.2, 0.25) is 18.1 Å². The first-order valence-corrected chi connectivity index (χ1v) is 11.1. The summed E-state index contributed by atoms with van der Waals surface area (Å²) in [5, 5.41) is 2.04. The van der Waals surface area contributed by atoms with E-state index in [0.29, 0.717) is 12.2 Å². The van der Waals surface area contributed by atoms with Gasteiger partial charge in [-0.15, -0.1) is 0 Å². The standard InChI is InChI=1S/C13H22ClO2SSi/c1-13(2,3)18(4,5)16-7-6-12-8-11(9-15)10-17(12)14/h8-10H,6-7H2,1-5H3/q+1. The largest absolute Gasteiger partial charge is 0.416 e. The summed E-state index contributed by atoms with van der Waals surface area (Å²) in [6.45, 7) is 11.9. The van der Waals surface area contributed by atoms with Crippen LogP contribution in [0, 0.1) is 0 Å².